The van der Waals surface area contributed by atoms with E-state index in [9.17, 15) is 4.79 Å². The molecule has 0 saturated carbocycles. The third-order valence-electron chi connectivity index (χ3n) is 5.34. The second-order valence-electron chi connectivity index (χ2n) is 7.49. The number of para-hydroxylation sites is 1. The molecule has 0 spiro atoms. The van der Waals surface area contributed by atoms with E-state index in [1.165, 1.54) is 0 Å². The van der Waals surface area contributed by atoms with E-state index in [1.807, 2.05) is 78.6 Å². The van der Waals surface area contributed by atoms with Crippen molar-refractivity contribution >= 4 is 29.0 Å². The van der Waals surface area contributed by atoms with Crippen molar-refractivity contribution in [1.82, 2.24) is 10.3 Å². The average Bonchev–Trinajstić information content (AvgIpc) is 2.84. The third kappa shape index (κ3) is 5.04. The minimum atomic E-state index is -0.427. The molecule has 1 atom stereocenters. The predicted molar refractivity (Wildman–Crippen MR) is 132 cm³/mol. The maximum absolute atomic E-state index is 13.0. The van der Waals surface area contributed by atoms with E-state index in [1.54, 1.807) is 19.3 Å². The lowest BCUT2D eigenvalue weighted by Crippen LogP contribution is -2.48. The highest BCUT2D eigenvalue weighted by molar-refractivity contribution is 7.80. The highest BCUT2D eigenvalue weighted by atomic mass is 32.1. The summed E-state index contributed by atoms with van der Waals surface area (Å²) in [5.41, 5.74) is 4.03. The second kappa shape index (κ2) is 10.3. The molecule has 168 valence electrons. The Bertz CT molecular complexity index is 1150. The molecule has 0 amide bonds. The molecule has 1 aliphatic heterocycles. The first-order valence-electron chi connectivity index (χ1n) is 10.7. The standard InChI is InChI=1S/C26H25N3O3S/c1-3-31-25(30)23-18(2)29(21-9-5-4-6-10-21)26(33)28-24(23)20-11-13-22(14-12-20)32-17-19-8-7-15-27-16-19/h4-16,24H,3,17H2,1-2H3,(H,28,33)/t24-/m0/s1. The van der Waals surface area contributed by atoms with Crippen LogP contribution in [0.1, 0.15) is 31.0 Å². The lowest BCUT2D eigenvalue weighted by atomic mass is 9.94. The van der Waals surface area contributed by atoms with Crippen molar-refractivity contribution in [3.05, 3.63) is 102 Å². The van der Waals surface area contributed by atoms with E-state index in [4.69, 9.17) is 21.7 Å². The van der Waals surface area contributed by atoms with E-state index in [-0.39, 0.29) is 5.97 Å². The maximum atomic E-state index is 13.0. The van der Waals surface area contributed by atoms with Crippen LogP contribution in [0.25, 0.3) is 0 Å². The number of nitrogens with one attached hydrogen (secondary N) is 1. The van der Waals surface area contributed by atoms with Gasteiger partial charge >= 0.3 is 5.97 Å². The summed E-state index contributed by atoms with van der Waals surface area (Å²) in [7, 11) is 0. The van der Waals surface area contributed by atoms with Crippen LogP contribution >= 0.6 is 12.2 Å². The topological polar surface area (TPSA) is 63.7 Å². The molecule has 2 aromatic carbocycles. The summed E-state index contributed by atoms with van der Waals surface area (Å²) in [6, 6.07) is 20.8. The van der Waals surface area contributed by atoms with Crippen LogP contribution < -0.4 is 15.0 Å². The van der Waals surface area contributed by atoms with Crippen LogP contribution in [0.2, 0.25) is 0 Å². The van der Waals surface area contributed by atoms with E-state index in [2.05, 4.69) is 10.3 Å². The molecule has 1 aromatic heterocycles. The van der Waals surface area contributed by atoms with Gasteiger partial charge in [0.25, 0.3) is 0 Å². The fourth-order valence-corrected chi connectivity index (χ4v) is 4.12. The lowest BCUT2D eigenvalue weighted by Gasteiger charge is -2.37. The van der Waals surface area contributed by atoms with Crippen LogP contribution in [-0.4, -0.2) is 22.7 Å². The Balaban J connectivity index is 1.62. The molecule has 0 bridgehead atoms. The number of allylic oxidation sites excluding steroid dienone is 1. The molecule has 0 saturated heterocycles. The number of rotatable bonds is 7. The zero-order chi connectivity index (χ0) is 23.2. The van der Waals surface area contributed by atoms with Crippen LogP contribution in [0.5, 0.6) is 5.75 Å². The summed E-state index contributed by atoms with van der Waals surface area (Å²) in [6.45, 7) is 4.41. The lowest BCUT2D eigenvalue weighted by molar-refractivity contribution is -0.139. The smallest absolute Gasteiger partial charge is 0.338 e. The first-order valence-corrected chi connectivity index (χ1v) is 11.1. The van der Waals surface area contributed by atoms with Gasteiger partial charge < -0.3 is 14.8 Å². The number of ether oxygens (including phenoxy) is 2. The molecule has 6 nitrogen and oxygen atoms in total. The largest absolute Gasteiger partial charge is 0.489 e. The van der Waals surface area contributed by atoms with Crippen LogP contribution in [0, 0.1) is 0 Å². The number of carbonyl (C=O) groups is 1. The molecule has 0 unspecified atom stereocenters. The SMILES string of the molecule is CCOC(=O)C1=C(C)N(c2ccccc2)C(=S)N[C@H]1c1ccc(OCc2cccnc2)cc1. The van der Waals surface area contributed by atoms with Crippen LogP contribution in [0.4, 0.5) is 5.69 Å². The molecule has 0 radical (unpaired) electrons. The fourth-order valence-electron chi connectivity index (χ4n) is 3.76. The van der Waals surface area contributed by atoms with Crippen molar-refractivity contribution < 1.29 is 14.3 Å². The molecule has 7 heteroatoms. The van der Waals surface area contributed by atoms with Crippen LogP contribution in [0.3, 0.4) is 0 Å². The number of aromatic nitrogens is 1. The van der Waals surface area contributed by atoms with Gasteiger partial charge in [0.05, 0.1) is 18.2 Å². The number of hydrogen-bond acceptors (Lipinski definition) is 5. The Labute approximate surface area is 198 Å². The number of esters is 1. The molecule has 0 aliphatic carbocycles. The molecular formula is C26H25N3O3S. The summed E-state index contributed by atoms with van der Waals surface area (Å²) in [5.74, 6) is 0.359. The van der Waals surface area contributed by atoms with Crippen molar-refractivity contribution in [2.45, 2.75) is 26.5 Å². The van der Waals surface area contributed by atoms with Gasteiger partial charge in [-0.05, 0) is 62.0 Å². The minimum Gasteiger partial charge on any atom is -0.489 e. The highest BCUT2D eigenvalue weighted by Gasteiger charge is 2.35. The zero-order valence-corrected chi connectivity index (χ0v) is 19.3. The second-order valence-corrected chi connectivity index (χ2v) is 7.88. The van der Waals surface area contributed by atoms with Crippen molar-refractivity contribution in [3.8, 4) is 5.75 Å². The van der Waals surface area contributed by atoms with Gasteiger partial charge in [0.15, 0.2) is 5.11 Å². The zero-order valence-electron chi connectivity index (χ0n) is 18.5. The normalized spacial score (nSPS) is 15.8. The van der Waals surface area contributed by atoms with Gasteiger partial charge in [-0.15, -0.1) is 0 Å². The number of pyridine rings is 1. The Morgan fingerprint density at radius 1 is 1.09 bits per heavy atom. The highest BCUT2D eigenvalue weighted by Crippen LogP contribution is 2.34. The van der Waals surface area contributed by atoms with Gasteiger partial charge in [-0.25, -0.2) is 4.79 Å². The van der Waals surface area contributed by atoms with Gasteiger partial charge in [0.1, 0.15) is 12.4 Å². The first-order chi connectivity index (χ1) is 16.1. The number of hydrogen-bond donors (Lipinski definition) is 1. The number of benzene rings is 2. The van der Waals surface area contributed by atoms with Crippen LogP contribution in [-0.2, 0) is 16.1 Å². The number of carbonyl (C=O) groups excluding carboxylic acids is 1. The van der Waals surface area contributed by atoms with E-state index in [0.717, 1.165) is 28.3 Å². The molecule has 33 heavy (non-hydrogen) atoms. The molecular weight excluding hydrogens is 434 g/mol. The van der Waals surface area contributed by atoms with Gasteiger partial charge in [-0.1, -0.05) is 36.4 Å². The summed E-state index contributed by atoms with van der Waals surface area (Å²) in [6.07, 6.45) is 3.51. The van der Waals surface area contributed by atoms with Crippen LogP contribution in [0.15, 0.2) is 90.4 Å². The van der Waals surface area contributed by atoms with Crippen molar-refractivity contribution in [2.75, 3.05) is 11.5 Å². The monoisotopic (exact) mass is 459 g/mol. The van der Waals surface area contributed by atoms with Crippen molar-refractivity contribution in [2.24, 2.45) is 0 Å². The molecule has 2 heterocycles. The fraction of sp³-hybridized carbons (Fsp3) is 0.192. The maximum Gasteiger partial charge on any atom is 0.338 e. The van der Waals surface area contributed by atoms with Gasteiger partial charge in [-0.3, -0.25) is 9.88 Å². The van der Waals surface area contributed by atoms with E-state index < -0.39 is 6.04 Å². The summed E-state index contributed by atoms with van der Waals surface area (Å²) >= 11 is 5.69. The number of nitrogens with zero attached hydrogens (tertiary/aromatic N) is 2. The number of thiocarbonyl (C=S) groups is 1. The molecule has 1 N–H and O–H groups in total. The summed E-state index contributed by atoms with van der Waals surface area (Å²) in [4.78, 5) is 18.9. The van der Waals surface area contributed by atoms with Gasteiger partial charge in [0.2, 0.25) is 0 Å². The van der Waals surface area contributed by atoms with Crippen molar-refractivity contribution in [3.63, 3.8) is 0 Å². The predicted octanol–water partition coefficient (Wildman–Crippen LogP) is 4.93. The summed E-state index contributed by atoms with van der Waals surface area (Å²) in [5, 5.41) is 3.85. The third-order valence-corrected chi connectivity index (χ3v) is 5.64. The molecule has 4 rings (SSSR count). The van der Waals surface area contributed by atoms with E-state index >= 15 is 0 Å². The molecule has 1 aliphatic rings. The minimum absolute atomic E-state index is 0.291. The Morgan fingerprint density at radius 3 is 2.52 bits per heavy atom. The Morgan fingerprint density at radius 2 is 1.85 bits per heavy atom. The number of anilines is 1. The average molecular weight is 460 g/mol. The Hall–Kier alpha value is -3.71. The quantitative estimate of drug-likeness (QED) is 0.397. The van der Waals surface area contributed by atoms with E-state index in [0.29, 0.717) is 23.9 Å². The summed E-state index contributed by atoms with van der Waals surface area (Å²) < 4.78 is 11.3. The van der Waals surface area contributed by atoms with Gasteiger partial charge in [-0.2, -0.15) is 0 Å². The van der Waals surface area contributed by atoms with Crippen molar-refractivity contribution in [1.29, 1.82) is 0 Å². The first kappa shape index (κ1) is 22.5. The molecule has 3 aromatic rings. The van der Waals surface area contributed by atoms with Gasteiger partial charge in [0, 0.05) is 29.3 Å². The molecule has 0 fully saturated rings. The Kier molecular flexibility index (Phi) is 7.00.